The molecule has 2 nitrogen and oxygen atoms in total. The lowest BCUT2D eigenvalue weighted by atomic mass is 9.98. The maximum absolute atomic E-state index is 13.2. The Hall–Kier alpha value is -1.69. The topological polar surface area (TPSA) is 29.1 Å². The van der Waals surface area contributed by atoms with E-state index in [1.807, 2.05) is 6.07 Å². The lowest BCUT2D eigenvalue weighted by Crippen LogP contribution is -2.10. The minimum Gasteiger partial charge on any atom is -0.321 e. The normalized spacial score (nSPS) is 12.6. The van der Waals surface area contributed by atoms with E-state index < -0.39 is 5.82 Å². The Labute approximate surface area is 145 Å². The zero-order chi connectivity index (χ0) is 16.0. The molecule has 0 radical (unpaired) electrons. The minimum absolute atomic E-state index is 0.00353. The summed E-state index contributed by atoms with van der Waals surface area (Å²) in [5, 5.41) is 4.87. The van der Waals surface area contributed by atoms with Gasteiger partial charge in [0, 0.05) is 21.0 Å². The standard InChI is InChI=1S/C17H11ClFNOS2/c18-12-8-10(2-3-13(12)19)20-17(21)15-7-9-1-4-14-11(5-6-22-14)16(9)23-15/h2-3,5-8H,1,4H2,(H,20,21). The van der Waals surface area contributed by atoms with Crippen molar-refractivity contribution >= 4 is 45.9 Å². The lowest BCUT2D eigenvalue weighted by molar-refractivity contribution is 0.103. The molecule has 1 aliphatic carbocycles. The van der Waals surface area contributed by atoms with Crippen molar-refractivity contribution in [2.45, 2.75) is 12.8 Å². The van der Waals surface area contributed by atoms with Crippen LogP contribution in [0.4, 0.5) is 10.1 Å². The van der Waals surface area contributed by atoms with Crippen molar-refractivity contribution in [3.8, 4) is 10.4 Å². The van der Waals surface area contributed by atoms with Gasteiger partial charge in [0.05, 0.1) is 9.90 Å². The van der Waals surface area contributed by atoms with Gasteiger partial charge in [-0.25, -0.2) is 4.39 Å². The lowest BCUT2D eigenvalue weighted by Gasteiger charge is -2.10. The van der Waals surface area contributed by atoms with Gasteiger partial charge in [0.25, 0.3) is 5.91 Å². The highest BCUT2D eigenvalue weighted by Gasteiger charge is 2.22. The van der Waals surface area contributed by atoms with E-state index in [0.717, 1.165) is 12.8 Å². The van der Waals surface area contributed by atoms with E-state index in [1.54, 1.807) is 11.3 Å². The van der Waals surface area contributed by atoms with Gasteiger partial charge in [-0.2, -0.15) is 0 Å². The number of rotatable bonds is 2. The molecule has 0 unspecified atom stereocenters. The summed E-state index contributed by atoms with van der Waals surface area (Å²) < 4.78 is 13.2. The van der Waals surface area contributed by atoms with Crippen molar-refractivity contribution in [3.05, 3.63) is 61.9 Å². The molecule has 1 N–H and O–H groups in total. The van der Waals surface area contributed by atoms with E-state index in [1.165, 1.54) is 50.4 Å². The first kappa shape index (κ1) is 14.9. The maximum atomic E-state index is 13.2. The first-order valence-electron chi connectivity index (χ1n) is 7.07. The molecule has 1 aromatic carbocycles. The molecule has 6 heteroatoms. The molecule has 4 rings (SSSR count). The first-order valence-corrected chi connectivity index (χ1v) is 9.15. The smallest absolute Gasteiger partial charge is 0.265 e. The highest BCUT2D eigenvalue weighted by molar-refractivity contribution is 7.18. The Morgan fingerprint density at radius 1 is 1.22 bits per heavy atom. The highest BCUT2D eigenvalue weighted by Crippen LogP contribution is 2.41. The summed E-state index contributed by atoms with van der Waals surface area (Å²) in [6.45, 7) is 0. The first-order chi connectivity index (χ1) is 11.1. The summed E-state index contributed by atoms with van der Waals surface area (Å²) in [7, 11) is 0. The summed E-state index contributed by atoms with van der Waals surface area (Å²) in [5.41, 5.74) is 2.97. The number of amides is 1. The summed E-state index contributed by atoms with van der Waals surface area (Å²) in [6, 6.07) is 8.24. The van der Waals surface area contributed by atoms with Crippen LogP contribution >= 0.6 is 34.3 Å². The third-order valence-corrected chi connectivity index (χ3v) is 6.30. The number of fused-ring (bicyclic) bond motifs is 3. The third kappa shape index (κ3) is 2.69. The number of carbonyl (C=O) groups is 1. The van der Waals surface area contributed by atoms with Gasteiger partial charge in [-0.1, -0.05) is 11.6 Å². The predicted octanol–water partition coefficient (Wildman–Crippen LogP) is 5.62. The van der Waals surface area contributed by atoms with Crippen LogP contribution in [-0.4, -0.2) is 5.91 Å². The van der Waals surface area contributed by atoms with E-state index in [0.29, 0.717) is 10.6 Å². The van der Waals surface area contributed by atoms with Crippen LogP contribution in [-0.2, 0) is 12.8 Å². The van der Waals surface area contributed by atoms with Gasteiger partial charge in [0.2, 0.25) is 0 Å². The van der Waals surface area contributed by atoms with Gasteiger partial charge < -0.3 is 5.32 Å². The average Bonchev–Trinajstić information content (AvgIpc) is 3.16. The second-order valence-corrected chi connectivity index (χ2v) is 7.77. The number of aryl methyl sites for hydroxylation is 2. The van der Waals surface area contributed by atoms with Crippen LogP contribution in [0.25, 0.3) is 10.4 Å². The molecule has 0 saturated carbocycles. The van der Waals surface area contributed by atoms with Gasteiger partial charge in [-0.3, -0.25) is 4.79 Å². The van der Waals surface area contributed by atoms with Crippen LogP contribution in [0.5, 0.6) is 0 Å². The number of nitrogens with one attached hydrogen (secondary N) is 1. The van der Waals surface area contributed by atoms with Crippen LogP contribution in [0.3, 0.4) is 0 Å². The molecule has 23 heavy (non-hydrogen) atoms. The largest absolute Gasteiger partial charge is 0.321 e. The summed E-state index contributed by atoms with van der Waals surface area (Å²) >= 11 is 9.02. The molecule has 0 bridgehead atoms. The maximum Gasteiger partial charge on any atom is 0.265 e. The second kappa shape index (κ2) is 5.74. The zero-order valence-corrected chi connectivity index (χ0v) is 14.2. The number of carbonyl (C=O) groups excluding carboxylic acids is 1. The SMILES string of the molecule is O=C(Nc1ccc(F)c(Cl)c1)c1cc2c(s1)-c1ccsc1CC2. The van der Waals surface area contributed by atoms with Crippen molar-refractivity contribution < 1.29 is 9.18 Å². The van der Waals surface area contributed by atoms with Gasteiger partial charge in [0.1, 0.15) is 5.82 Å². The van der Waals surface area contributed by atoms with Gasteiger partial charge in [0.15, 0.2) is 0 Å². The molecule has 0 aliphatic heterocycles. The Morgan fingerprint density at radius 2 is 2.09 bits per heavy atom. The summed E-state index contributed by atoms with van der Waals surface area (Å²) in [6.07, 6.45) is 2.00. The van der Waals surface area contributed by atoms with E-state index in [-0.39, 0.29) is 10.9 Å². The van der Waals surface area contributed by atoms with E-state index in [9.17, 15) is 9.18 Å². The van der Waals surface area contributed by atoms with Gasteiger partial charge in [-0.05, 0) is 54.1 Å². The molecule has 0 atom stereocenters. The second-order valence-electron chi connectivity index (χ2n) is 5.31. The fourth-order valence-electron chi connectivity index (χ4n) is 2.71. The molecule has 0 fully saturated rings. The van der Waals surface area contributed by atoms with Crippen LogP contribution in [0.2, 0.25) is 5.02 Å². The predicted molar refractivity (Wildman–Crippen MR) is 94.4 cm³/mol. The molecule has 2 aromatic heterocycles. The molecule has 2 heterocycles. The van der Waals surface area contributed by atoms with Crippen LogP contribution in [0.15, 0.2) is 35.7 Å². The number of hydrogen-bond acceptors (Lipinski definition) is 3. The molecule has 3 aromatic rings. The van der Waals surface area contributed by atoms with E-state index in [4.69, 9.17) is 11.6 Å². The molecule has 0 saturated heterocycles. The third-order valence-electron chi connectivity index (χ3n) is 3.82. The molecular weight excluding hydrogens is 353 g/mol. The number of benzene rings is 1. The Morgan fingerprint density at radius 3 is 2.91 bits per heavy atom. The van der Waals surface area contributed by atoms with Gasteiger partial charge >= 0.3 is 0 Å². The van der Waals surface area contributed by atoms with Crippen molar-refractivity contribution in [1.82, 2.24) is 0 Å². The fraction of sp³-hybridized carbons (Fsp3) is 0.118. The van der Waals surface area contributed by atoms with Gasteiger partial charge in [-0.15, -0.1) is 22.7 Å². The Kier molecular flexibility index (Phi) is 3.71. The molecule has 116 valence electrons. The number of thiophene rings is 2. The van der Waals surface area contributed by atoms with Crippen molar-refractivity contribution in [2.24, 2.45) is 0 Å². The number of hydrogen-bond donors (Lipinski definition) is 1. The quantitative estimate of drug-likeness (QED) is 0.629. The monoisotopic (exact) mass is 363 g/mol. The van der Waals surface area contributed by atoms with Crippen LogP contribution in [0, 0.1) is 5.82 Å². The molecule has 1 amide bonds. The van der Waals surface area contributed by atoms with Crippen molar-refractivity contribution in [1.29, 1.82) is 0 Å². The number of anilines is 1. The highest BCUT2D eigenvalue weighted by atomic mass is 35.5. The summed E-state index contributed by atoms with van der Waals surface area (Å²) in [4.78, 5) is 15.7. The fourth-order valence-corrected chi connectivity index (χ4v) is 4.99. The Balaban J connectivity index is 1.62. The average molecular weight is 364 g/mol. The minimum atomic E-state index is -0.499. The van der Waals surface area contributed by atoms with Crippen LogP contribution < -0.4 is 5.32 Å². The number of halogens is 2. The molecular formula is C17H11ClFNOS2. The van der Waals surface area contributed by atoms with E-state index >= 15 is 0 Å². The van der Waals surface area contributed by atoms with Crippen LogP contribution in [0.1, 0.15) is 20.1 Å². The molecule has 1 aliphatic rings. The van der Waals surface area contributed by atoms with Crippen molar-refractivity contribution in [2.75, 3.05) is 5.32 Å². The molecule has 0 spiro atoms. The van der Waals surface area contributed by atoms with E-state index in [2.05, 4.69) is 16.8 Å². The Bertz CT molecular complexity index is 915. The summed E-state index contributed by atoms with van der Waals surface area (Å²) in [5.74, 6) is -0.690. The van der Waals surface area contributed by atoms with Crippen molar-refractivity contribution in [3.63, 3.8) is 0 Å². The zero-order valence-electron chi connectivity index (χ0n) is 11.9.